The number of pyridine rings is 1. The largest absolute Gasteiger partial charge is 0.283 e. The van der Waals surface area contributed by atoms with Crippen molar-refractivity contribution in [3.05, 3.63) is 21.1 Å². The van der Waals surface area contributed by atoms with E-state index in [9.17, 15) is 21.6 Å². The summed E-state index contributed by atoms with van der Waals surface area (Å²) in [6.07, 6.45) is -3.20. The van der Waals surface area contributed by atoms with Crippen LogP contribution < -0.4 is 0 Å². The Balaban J connectivity index is 3.50. The van der Waals surface area contributed by atoms with E-state index < -0.39 is 32.0 Å². The number of alkyl halides is 2. The van der Waals surface area contributed by atoms with Crippen LogP contribution in [0.4, 0.5) is 13.2 Å². The monoisotopic (exact) mass is 371 g/mol. The molecule has 1 aromatic rings. The molecule has 0 spiro atoms. The molecule has 0 saturated heterocycles. The van der Waals surface area contributed by atoms with E-state index in [0.717, 1.165) is 0 Å². The number of hydrogen-bond donors (Lipinski definition) is 0. The zero-order chi connectivity index (χ0) is 11.8. The summed E-state index contributed by atoms with van der Waals surface area (Å²) in [7, 11) is 0.678. The molecule has 3 nitrogen and oxygen atoms in total. The maximum atomic E-state index is 12.9. The first-order chi connectivity index (χ1) is 6.73. The second-order valence-electron chi connectivity index (χ2n) is 2.38. The molecule has 0 amide bonds. The van der Waals surface area contributed by atoms with Gasteiger partial charge in [0.05, 0.1) is 3.57 Å². The van der Waals surface area contributed by atoms with Crippen LogP contribution in [0.2, 0.25) is 0 Å². The summed E-state index contributed by atoms with van der Waals surface area (Å²) in [6, 6.07) is 0.643. The van der Waals surface area contributed by atoms with Crippen molar-refractivity contribution >= 4 is 42.3 Å². The molecule has 1 aromatic heterocycles. The summed E-state index contributed by atoms with van der Waals surface area (Å²) in [4.78, 5) is 2.99. The Labute approximate surface area is 101 Å². The van der Waals surface area contributed by atoms with Crippen LogP contribution >= 0.6 is 33.3 Å². The topological polar surface area (TPSA) is 47.0 Å². The molecule has 0 saturated carbocycles. The van der Waals surface area contributed by atoms with Crippen LogP contribution in [0.3, 0.4) is 0 Å². The minimum Gasteiger partial charge on any atom is -0.230 e. The third-order valence-electron chi connectivity index (χ3n) is 1.36. The van der Waals surface area contributed by atoms with Crippen LogP contribution in [-0.4, -0.2) is 13.4 Å². The van der Waals surface area contributed by atoms with Gasteiger partial charge in [0.15, 0.2) is 10.8 Å². The minimum atomic E-state index is -4.25. The van der Waals surface area contributed by atoms with E-state index in [1.165, 1.54) is 22.6 Å². The SMILES string of the molecule is O=S(=O)(Cl)c1nc(C(F)F)c(F)cc1I. The van der Waals surface area contributed by atoms with Crippen molar-refractivity contribution in [2.45, 2.75) is 11.5 Å². The standard InChI is InChI=1S/C6H2ClF3INO2S/c7-15(13,14)6-3(11)1-2(8)4(12-6)5(9)10/h1,5H. The number of rotatable bonds is 2. The fourth-order valence-corrected chi connectivity index (χ4v) is 3.29. The highest BCUT2D eigenvalue weighted by Crippen LogP contribution is 2.26. The van der Waals surface area contributed by atoms with Gasteiger partial charge < -0.3 is 0 Å². The first-order valence-corrected chi connectivity index (χ1v) is 6.71. The second kappa shape index (κ2) is 4.42. The van der Waals surface area contributed by atoms with Gasteiger partial charge in [-0.05, 0) is 28.7 Å². The third kappa shape index (κ3) is 2.94. The van der Waals surface area contributed by atoms with Gasteiger partial charge in [0.25, 0.3) is 15.5 Å². The number of aromatic nitrogens is 1. The van der Waals surface area contributed by atoms with Gasteiger partial charge in [0.2, 0.25) is 0 Å². The molecule has 1 heterocycles. The Morgan fingerprint density at radius 1 is 1.47 bits per heavy atom. The Bertz CT molecular complexity index is 493. The van der Waals surface area contributed by atoms with Crippen molar-refractivity contribution < 1.29 is 21.6 Å². The van der Waals surface area contributed by atoms with E-state index in [4.69, 9.17) is 10.7 Å². The van der Waals surface area contributed by atoms with Gasteiger partial charge in [-0.25, -0.2) is 26.6 Å². The van der Waals surface area contributed by atoms with E-state index in [2.05, 4.69) is 4.98 Å². The molecule has 0 aliphatic rings. The van der Waals surface area contributed by atoms with Crippen molar-refractivity contribution in [1.82, 2.24) is 4.98 Å². The smallest absolute Gasteiger partial charge is 0.230 e. The van der Waals surface area contributed by atoms with Crippen LogP contribution in [0.15, 0.2) is 11.1 Å². The predicted molar refractivity (Wildman–Crippen MR) is 54.9 cm³/mol. The highest BCUT2D eigenvalue weighted by molar-refractivity contribution is 14.1. The van der Waals surface area contributed by atoms with Gasteiger partial charge in [0, 0.05) is 10.7 Å². The van der Waals surface area contributed by atoms with E-state index in [0.29, 0.717) is 6.07 Å². The maximum absolute atomic E-state index is 12.9. The molecular formula is C6H2ClF3INO2S. The molecule has 84 valence electrons. The van der Waals surface area contributed by atoms with Gasteiger partial charge in [-0.15, -0.1) is 0 Å². The molecule has 0 bridgehead atoms. The molecule has 0 unspecified atom stereocenters. The van der Waals surface area contributed by atoms with Crippen LogP contribution in [0.25, 0.3) is 0 Å². The van der Waals surface area contributed by atoms with Crippen LogP contribution in [0.5, 0.6) is 0 Å². The average Bonchev–Trinajstić information content (AvgIpc) is 2.00. The van der Waals surface area contributed by atoms with Gasteiger partial charge in [-0.3, -0.25) is 0 Å². The molecule has 0 radical (unpaired) electrons. The number of halogens is 5. The molecule has 9 heteroatoms. The summed E-state index contributed by atoms with van der Waals surface area (Å²) in [5, 5.41) is -0.763. The normalized spacial score (nSPS) is 12.1. The Kier molecular flexibility index (Phi) is 3.82. The molecule has 0 fully saturated rings. The molecule has 0 aliphatic heterocycles. The van der Waals surface area contributed by atoms with Crippen molar-refractivity contribution in [2.24, 2.45) is 0 Å². The first kappa shape index (κ1) is 13.0. The lowest BCUT2D eigenvalue weighted by Gasteiger charge is -2.04. The predicted octanol–water partition coefficient (Wildman–Crippen LogP) is 2.69. The van der Waals surface area contributed by atoms with Gasteiger partial charge in [0.1, 0.15) is 5.69 Å². The maximum Gasteiger partial charge on any atom is 0.283 e. The lowest BCUT2D eigenvalue weighted by Crippen LogP contribution is -2.05. The van der Waals surface area contributed by atoms with Crippen molar-refractivity contribution in [3.8, 4) is 0 Å². The lowest BCUT2D eigenvalue weighted by molar-refractivity contribution is 0.139. The highest BCUT2D eigenvalue weighted by atomic mass is 127. The van der Waals surface area contributed by atoms with E-state index >= 15 is 0 Å². The molecular weight excluding hydrogens is 369 g/mol. The Hall–Kier alpha value is -0.0900. The van der Waals surface area contributed by atoms with Crippen LogP contribution in [0.1, 0.15) is 12.1 Å². The zero-order valence-electron chi connectivity index (χ0n) is 6.72. The number of hydrogen-bond acceptors (Lipinski definition) is 3. The Morgan fingerprint density at radius 3 is 2.40 bits per heavy atom. The van der Waals surface area contributed by atoms with Crippen LogP contribution in [0, 0.1) is 9.39 Å². The average molecular weight is 372 g/mol. The minimum absolute atomic E-state index is 0.149. The van der Waals surface area contributed by atoms with E-state index in [-0.39, 0.29) is 3.57 Å². The second-order valence-corrected chi connectivity index (χ2v) is 6.02. The molecule has 0 atom stereocenters. The van der Waals surface area contributed by atoms with Gasteiger partial charge >= 0.3 is 0 Å². The fraction of sp³-hybridized carbons (Fsp3) is 0.167. The van der Waals surface area contributed by atoms with Crippen molar-refractivity contribution in [1.29, 1.82) is 0 Å². The van der Waals surface area contributed by atoms with Crippen molar-refractivity contribution in [2.75, 3.05) is 0 Å². The molecule has 0 N–H and O–H groups in total. The van der Waals surface area contributed by atoms with E-state index in [1.807, 2.05) is 0 Å². The zero-order valence-corrected chi connectivity index (χ0v) is 10.4. The molecule has 0 aromatic carbocycles. The van der Waals surface area contributed by atoms with Crippen LogP contribution in [-0.2, 0) is 9.05 Å². The van der Waals surface area contributed by atoms with Gasteiger partial charge in [-0.1, -0.05) is 0 Å². The Morgan fingerprint density at radius 2 is 2.00 bits per heavy atom. The lowest BCUT2D eigenvalue weighted by atomic mass is 10.3. The molecule has 1 rings (SSSR count). The third-order valence-corrected chi connectivity index (χ3v) is 3.76. The van der Waals surface area contributed by atoms with Crippen molar-refractivity contribution in [3.63, 3.8) is 0 Å². The summed E-state index contributed by atoms with van der Waals surface area (Å²) in [6.45, 7) is 0. The molecule has 0 aliphatic carbocycles. The van der Waals surface area contributed by atoms with Gasteiger partial charge in [-0.2, -0.15) is 0 Å². The summed E-state index contributed by atoms with van der Waals surface area (Å²) in [5.41, 5.74) is -1.23. The summed E-state index contributed by atoms with van der Waals surface area (Å²) < 4.78 is 58.8. The fourth-order valence-electron chi connectivity index (χ4n) is 0.787. The summed E-state index contributed by atoms with van der Waals surface area (Å²) >= 11 is 1.44. The highest BCUT2D eigenvalue weighted by Gasteiger charge is 2.23. The molecule has 15 heavy (non-hydrogen) atoms. The van der Waals surface area contributed by atoms with E-state index in [1.54, 1.807) is 0 Å². The first-order valence-electron chi connectivity index (χ1n) is 3.32. The number of nitrogens with zero attached hydrogens (tertiary/aromatic N) is 1. The quantitative estimate of drug-likeness (QED) is 0.593. The summed E-state index contributed by atoms with van der Waals surface area (Å²) in [5.74, 6) is -1.27.